The smallest absolute Gasteiger partial charge is 0.0465 e. The van der Waals surface area contributed by atoms with Crippen molar-refractivity contribution in [2.45, 2.75) is 65.0 Å². The molecule has 0 amide bonds. The van der Waals surface area contributed by atoms with Gasteiger partial charge in [0.2, 0.25) is 0 Å². The molecule has 1 aromatic carbocycles. The van der Waals surface area contributed by atoms with Crippen molar-refractivity contribution >= 4 is 6.08 Å². The van der Waals surface area contributed by atoms with Crippen LogP contribution < -0.4 is 0 Å². The first-order valence-electron chi connectivity index (χ1n) is 14.3. The quantitative estimate of drug-likeness (QED) is 0.299. The van der Waals surface area contributed by atoms with Crippen LogP contribution in [0.1, 0.15) is 57.6 Å². The molecule has 2 heterocycles. The van der Waals surface area contributed by atoms with Gasteiger partial charge in [0.15, 0.2) is 0 Å². The highest BCUT2D eigenvalue weighted by molar-refractivity contribution is 5.47. The fourth-order valence-electron chi connectivity index (χ4n) is 6.11. The molecule has 1 aromatic rings. The van der Waals surface area contributed by atoms with E-state index in [2.05, 4.69) is 97.0 Å². The van der Waals surface area contributed by atoms with Gasteiger partial charge in [-0.25, -0.2) is 0 Å². The van der Waals surface area contributed by atoms with Crippen LogP contribution in [-0.4, -0.2) is 72.6 Å². The van der Waals surface area contributed by atoms with Gasteiger partial charge in [-0.15, -0.1) is 0 Å². The highest BCUT2D eigenvalue weighted by atomic mass is 15.3. The van der Waals surface area contributed by atoms with Gasteiger partial charge in [0.25, 0.3) is 0 Å². The summed E-state index contributed by atoms with van der Waals surface area (Å²) in [5.41, 5.74) is 5.57. The minimum Gasteiger partial charge on any atom is -0.303 e. The van der Waals surface area contributed by atoms with Gasteiger partial charge in [-0.3, -0.25) is 9.80 Å². The molecule has 3 nitrogen and oxygen atoms in total. The van der Waals surface area contributed by atoms with Crippen molar-refractivity contribution in [3.05, 3.63) is 83.8 Å². The van der Waals surface area contributed by atoms with E-state index < -0.39 is 0 Å². The maximum absolute atomic E-state index is 3.87. The molecule has 2 aliphatic heterocycles. The summed E-state index contributed by atoms with van der Waals surface area (Å²) in [6.45, 7) is 19.3. The second kappa shape index (κ2) is 13.6. The Morgan fingerprint density at radius 3 is 2.64 bits per heavy atom. The molecule has 3 unspecified atom stereocenters. The third kappa shape index (κ3) is 8.03. The molecule has 195 valence electrons. The topological polar surface area (TPSA) is 9.72 Å². The zero-order valence-corrected chi connectivity index (χ0v) is 23.0. The lowest BCUT2D eigenvalue weighted by Gasteiger charge is -2.48. The van der Waals surface area contributed by atoms with Crippen LogP contribution in [0, 0.1) is 12.3 Å². The number of hydrogen-bond acceptors (Lipinski definition) is 3. The Balaban J connectivity index is 1.30. The van der Waals surface area contributed by atoms with Crippen LogP contribution in [-0.2, 0) is 6.42 Å². The van der Waals surface area contributed by atoms with Crippen LogP contribution in [0.5, 0.6) is 0 Å². The SMILES string of the molecule is C=Cc1ccc(C/C(C)=C\C(/C=C\C)N2CCN3CC(CN(CCC)CCC4=C[CH]4)CCC3C2)cc1. The van der Waals surface area contributed by atoms with E-state index in [1.54, 1.807) is 5.57 Å². The van der Waals surface area contributed by atoms with Gasteiger partial charge < -0.3 is 4.90 Å². The highest BCUT2D eigenvalue weighted by Gasteiger charge is 2.34. The third-order valence-electron chi connectivity index (χ3n) is 8.18. The normalized spacial score (nSPS) is 24.1. The fraction of sp³-hybridized carbons (Fsp3) is 0.545. The van der Waals surface area contributed by atoms with E-state index in [1.165, 1.54) is 88.2 Å². The summed E-state index contributed by atoms with van der Waals surface area (Å²) in [7, 11) is 0. The van der Waals surface area contributed by atoms with E-state index in [0.717, 1.165) is 12.3 Å². The van der Waals surface area contributed by atoms with E-state index in [1.807, 2.05) is 6.08 Å². The Morgan fingerprint density at radius 1 is 1.14 bits per heavy atom. The first kappa shape index (κ1) is 27.1. The Kier molecular flexibility index (Phi) is 10.2. The van der Waals surface area contributed by atoms with Crippen molar-refractivity contribution in [3.63, 3.8) is 0 Å². The van der Waals surface area contributed by atoms with Gasteiger partial charge in [0.05, 0.1) is 0 Å². The second-order valence-corrected chi connectivity index (χ2v) is 11.2. The van der Waals surface area contributed by atoms with Crippen molar-refractivity contribution in [1.29, 1.82) is 0 Å². The van der Waals surface area contributed by atoms with Crippen molar-refractivity contribution in [2.24, 2.45) is 5.92 Å². The fourth-order valence-corrected chi connectivity index (χ4v) is 6.11. The van der Waals surface area contributed by atoms with E-state index >= 15 is 0 Å². The Labute approximate surface area is 221 Å². The number of piperidine rings is 1. The molecular formula is C33H48N3. The number of fused-ring (bicyclic) bond motifs is 1. The predicted octanol–water partition coefficient (Wildman–Crippen LogP) is 6.41. The molecule has 1 aliphatic carbocycles. The van der Waals surface area contributed by atoms with Gasteiger partial charge >= 0.3 is 0 Å². The van der Waals surface area contributed by atoms with Crippen LogP contribution in [0.3, 0.4) is 0 Å². The van der Waals surface area contributed by atoms with Crippen molar-refractivity contribution in [1.82, 2.24) is 14.7 Å². The number of piperazine rings is 1. The number of benzene rings is 1. The first-order chi connectivity index (χ1) is 17.6. The van der Waals surface area contributed by atoms with Crippen LogP contribution >= 0.6 is 0 Å². The average Bonchev–Trinajstić information content (AvgIpc) is 3.72. The minimum absolute atomic E-state index is 0.399. The number of allylic oxidation sites excluding steroid dienone is 3. The summed E-state index contributed by atoms with van der Waals surface area (Å²) in [6.07, 6.45) is 19.8. The summed E-state index contributed by atoms with van der Waals surface area (Å²) in [5, 5.41) is 0. The highest BCUT2D eigenvalue weighted by Crippen LogP contribution is 2.28. The van der Waals surface area contributed by atoms with E-state index in [-0.39, 0.29) is 0 Å². The molecule has 36 heavy (non-hydrogen) atoms. The Morgan fingerprint density at radius 2 is 1.94 bits per heavy atom. The zero-order valence-electron chi connectivity index (χ0n) is 23.0. The van der Waals surface area contributed by atoms with E-state index in [4.69, 9.17) is 0 Å². The number of hydrogen-bond donors (Lipinski definition) is 0. The van der Waals surface area contributed by atoms with Gasteiger partial charge in [-0.05, 0) is 69.5 Å². The largest absolute Gasteiger partial charge is 0.303 e. The van der Waals surface area contributed by atoms with Crippen LogP contribution in [0.4, 0.5) is 0 Å². The molecule has 2 saturated heterocycles. The van der Waals surface area contributed by atoms with Crippen molar-refractivity contribution in [2.75, 3.05) is 45.8 Å². The summed E-state index contributed by atoms with van der Waals surface area (Å²) < 4.78 is 0. The predicted molar refractivity (Wildman–Crippen MR) is 156 cm³/mol. The molecule has 3 atom stereocenters. The lowest BCUT2D eigenvalue weighted by Crippen LogP contribution is -2.58. The molecule has 1 radical (unpaired) electrons. The van der Waals surface area contributed by atoms with Gasteiger partial charge in [0.1, 0.15) is 0 Å². The summed E-state index contributed by atoms with van der Waals surface area (Å²) >= 11 is 0. The molecule has 0 bridgehead atoms. The molecule has 0 saturated carbocycles. The van der Waals surface area contributed by atoms with Crippen molar-refractivity contribution < 1.29 is 0 Å². The minimum atomic E-state index is 0.399. The zero-order chi connectivity index (χ0) is 25.3. The molecule has 0 aromatic heterocycles. The second-order valence-electron chi connectivity index (χ2n) is 11.2. The number of rotatable bonds is 13. The molecule has 3 aliphatic rings. The monoisotopic (exact) mass is 486 g/mol. The lowest BCUT2D eigenvalue weighted by molar-refractivity contribution is 0.0161. The third-order valence-corrected chi connectivity index (χ3v) is 8.18. The van der Waals surface area contributed by atoms with Gasteiger partial charge in [-0.1, -0.05) is 79.3 Å². The molecule has 0 N–H and O–H groups in total. The summed E-state index contributed by atoms with van der Waals surface area (Å²) in [5.74, 6) is 0.831. The van der Waals surface area contributed by atoms with E-state index in [0.29, 0.717) is 12.1 Å². The molecular weight excluding hydrogens is 438 g/mol. The summed E-state index contributed by atoms with van der Waals surface area (Å²) in [6, 6.07) is 9.92. The molecule has 2 fully saturated rings. The average molecular weight is 487 g/mol. The maximum atomic E-state index is 3.87. The van der Waals surface area contributed by atoms with Crippen LogP contribution in [0.15, 0.2) is 66.3 Å². The molecule has 0 spiro atoms. The van der Waals surface area contributed by atoms with Gasteiger partial charge in [-0.2, -0.15) is 0 Å². The molecule has 3 heteroatoms. The molecule has 4 rings (SSSR count). The van der Waals surface area contributed by atoms with Crippen LogP contribution in [0.2, 0.25) is 0 Å². The standard InChI is InChI=1S/C33H48N3/c1-5-8-32(23-27(4)22-30-13-9-28(7-3)10-14-30)36-21-20-35-25-31(15-16-33(35)26-36)24-34(18-6-2)19-17-29-11-12-29/h5,7-14,23,31-33H,3,6,15-22,24-26H2,1-2,4H3/b8-5-,27-23-. The van der Waals surface area contributed by atoms with Gasteiger partial charge in [0, 0.05) is 57.8 Å². The Bertz CT molecular complexity index is 925. The van der Waals surface area contributed by atoms with Crippen molar-refractivity contribution in [3.8, 4) is 0 Å². The van der Waals surface area contributed by atoms with E-state index in [9.17, 15) is 0 Å². The Hall–Kier alpha value is -1.94. The summed E-state index contributed by atoms with van der Waals surface area (Å²) in [4.78, 5) is 8.26. The van der Waals surface area contributed by atoms with Crippen LogP contribution in [0.25, 0.3) is 6.08 Å². The first-order valence-corrected chi connectivity index (χ1v) is 14.3. The number of nitrogens with zero attached hydrogens (tertiary/aromatic N) is 3. The lowest BCUT2D eigenvalue weighted by atomic mass is 9.90. The maximum Gasteiger partial charge on any atom is 0.0465 e.